The van der Waals surface area contributed by atoms with E-state index in [9.17, 15) is 19.2 Å². The molecular formula is C30H38N4O5. The minimum absolute atomic E-state index is 0.233. The highest BCUT2D eigenvalue weighted by Crippen LogP contribution is 2.39. The van der Waals surface area contributed by atoms with Gasteiger partial charge in [-0.2, -0.15) is 0 Å². The molecule has 0 saturated heterocycles. The molecule has 2 aliphatic rings. The van der Waals surface area contributed by atoms with Crippen molar-refractivity contribution in [2.75, 3.05) is 11.9 Å². The van der Waals surface area contributed by atoms with Gasteiger partial charge in [-0.15, -0.1) is 0 Å². The van der Waals surface area contributed by atoms with Crippen molar-refractivity contribution in [3.63, 3.8) is 0 Å². The van der Waals surface area contributed by atoms with Crippen molar-refractivity contribution in [2.24, 2.45) is 0 Å². The van der Waals surface area contributed by atoms with Gasteiger partial charge in [-0.25, -0.2) is 4.79 Å². The molecule has 9 heteroatoms. The van der Waals surface area contributed by atoms with Gasteiger partial charge in [0.15, 0.2) is 0 Å². The van der Waals surface area contributed by atoms with E-state index >= 15 is 0 Å². The molecular weight excluding hydrogens is 496 g/mol. The second kappa shape index (κ2) is 11.1. The Labute approximate surface area is 229 Å². The van der Waals surface area contributed by atoms with Gasteiger partial charge in [-0.3, -0.25) is 24.2 Å². The zero-order valence-corrected chi connectivity index (χ0v) is 23.5. The first-order valence-electron chi connectivity index (χ1n) is 13.4. The molecule has 4 unspecified atom stereocenters. The molecule has 0 saturated carbocycles. The second-order valence-corrected chi connectivity index (χ2v) is 11.4. The molecule has 2 aliphatic heterocycles. The number of rotatable bonds is 6. The molecule has 0 radical (unpaired) electrons. The number of nitrogens with zero attached hydrogens (tertiary/aromatic N) is 2. The smallest absolute Gasteiger partial charge is 0.410 e. The molecule has 4 atom stereocenters. The molecule has 0 bridgehead atoms. The van der Waals surface area contributed by atoms with Gasteiger partial charge < -0.3 is 15.4 Å². The first-order chi connectivity index (χ1) is 18.4. The van der Waals surface area contributed by atoms with Crippen LogP contribution in [0.2, 0.25) is 0 Å². The molecule has 4 rings (SSSR count). The van der Waals surface area contributed by atoms with Crippen LogP contribution in [0.5, 0.6) is 0 Å². The summed E-state index contributed by atoms with van der Waals surface area (Å²) in [5.74, 6) is -1.04. The minimum atomic E-state index is -0.863. The summed E-state index contributed by atoms with van der Waals surface area (Å²) in [4.78, 5) is 55.9. The molecule has 0 spiro atoms. The Bertz CT molecular complexity index is 1260. The summed E-state index contributed by atoms with van der Waals surface area (Å²) < 4.78 is 5.38. The Morgan fingerprint density at radius 3 is 2.36 bits per heavy atom. The van der Waals surface area contributed by atoms with Gasteiger partial charge in [0.05, 0.1) is 11.7 Å². The highest BCUT2D eigenvalue weighted by atomic mass is 16.6. The van der Waals surface area contributed by atoms with Crippen LogP contribution in [0.15, 0.2) is 48.5 Å². The van der Waals surface area contributed by atoms with Crippen molar-refractivity contribution in [1.29, 1.82) is 0 Å². The number of anilines is 1. The molecule has 0 fully saturated rings. The number of benzene rings is 2. The van der Waals surface area contributed by atoms with Crippen LogP contribution >= 0.6 is 0 Å². The minimum Gasteiger partial charge on any atom is -0.444 e. The molecule has 2 aromatic rings. The number of nitrogens with one attached hydrogen (secondary N) is 2. The second-order valence-electron chi connectivity index (χ2n) is 11.4. The van der Waals surface area contributed by atoms with Crippen LogP contribution in [0.1, 0.15) is 63.8 Å². The summed E-state index contributed by atoms with van der Waals surface area (Å²) >= 11 is 0. The van der Waals surface area contributed by atoms with Gasteiger partial charge in [-0.05, 0) is 64.2 Å². The van der Waals surface area contributed by atoms with Crippen LogP contribution in [0, 0.1) is 0 Å². The summed E-state index contributed by atoms with van der Waals surface area (Å²) in [6.07, 6.45) is 0.732. The highest BCUT2D eigenvalue weighted by Gasteiger charge is 2.44. The SMILES string of the molecule is CC(NC(=O)C1Cc2cccc3c2N1C(=O)C(NC(=O)C(C)N(C)C(=O)OC(C)(C)C)CC3)c1ccccc1. The van der Waals surface area contributed by atoms with E-state index < -0.39 is 35.7 Å². The maximum Gasteiger partial charge on any atom is 0.410 e. The first kappa shape index (κ1) is 28.1. The van der Waals surface area contributed by atoms with E-state index in [-0.39, 0.29) is 17.9 Å². The normalized spacial score (nSPS) is 19.8. The van der Waals surface area contributed by atoms with Crippen LogP contribution in [0.25, 0.3) is 0 Å². The van der Waals surface area contributed by atoms with E-state index in [2.05, 4.69) is 10.6 Å². The maximum atomic E-state index is 13.9. The van der Waals surface area contributed by atoms with Crippen molar-refractivity contribution in [2.45, 2.75) is 83.6 Å². The average molecular weight is 535 g/mol. The lowest BCUT2D eigenvalue weighted by atomic mass is 10.0. The number of ether oxygens (including phenoxy) is 1. The van der Waals surface area contributed by atoms with E-state index in [1.165, 1.54) is 11.9 Å². The van der Waals surface area contributed by atoms with E-state index in [1.54, 1.807) is 32.6 Å². The molecule has 0 aliphatic carbocycles. The van der Waals surface area contributed by atoms with Crippen molar-refractivity contribution in [1.82, 2.24) is 15.5 Å². The average Bonchev–Trinajstić information content (AvgIpc) is 3.23. The lowest BCUT2D eigenvalue weighted by Crippen LogP contribution is -2.57. The summed E-state index contributed by atoms with van der Waals surface area (Å²) in [5, 5.41) is 5.91. The standard InChI is InChI=1S/C30H38N4O5/c1-18(20-11-8-7-9-12-20)31-27(36)24-17-22-14-10-13-21-15-16-23(28(37)34(24)25(21)22)32-26(35)19(2)33(6)29(38)39-30(3,4)5/h7-14,18-19,23-24H,15-17H2,1-6H3,(H,31,36)(H,32,35). The number of likely N-dealkylation sites (N-methyl/N-ethyl adjacent to an activating group) is 1. The zero-order valence-electron chi connectivity index (χ0n) is 23.5. The fourth-order valence-corrected chi connectivity index (χ4v) is 5.07. The summed E-state index contributed by atoms with van der Waals surface area (Å²) in [7, 11) is 1.49. The van der Waals surface area contributed by atoms with Crippen LogP contribution in [-0.2, 0) is 32.0 Å². The molecule has 9 nitrogen and oxygen atoms in total. The van der Waals surface area contributed by atoms with Crippen LogP contribution in [0.4, 0.5) is 10.5 Å². The van der Waals surface area contributed by atoms with Gasteiger partial charge in [-0.1, -0.05) is 48.5 Å². The zero-order chi connectivity index (χ0) is 28.5. The summed E-state index contributed by atoms with van der Waals surface area (Å²) in [5.41, 5.74) is 2.95. The van der Waals surface area contributed by atoms with Crippen molar-refractivity contribution in [3.05, 3.63) is 65.2 Å². The van der Waals surface area contributed by atoms with E-state index in [1.807, 2.05) is 55.5 Å². The Hall–Kier alpha value is -3.88. The van der Waals surface area contributed by atoms with Crippen molar-refractivity contribution in [3.8, 4) is 0 Å². The Balaban J connectivity index is 1.52. The number of hydrogen-bond acceptors (Lipinski definition) is 5. The van der Waals surface area contributed by atoms with Crippen molar-refractivity contribution < 1.29 is 23.9 Å². The Morgan fingerprint density at radius 2 is 1.69 bits per heavy atom. The fraction of sp³-hybridized carbons (Fsp3) is 0.467. The fourth-order valence-electron chi connectivity index (χ4n) is 5.07. The molecule has 39 heavy (non-hydrogen) atoms. The van der Waals surface area contributed by atoms with Crippen LogP contribution in [-0.4, -0.2) is 59.5 Å². The lowest BCUT2D eigenvalue weighted by Gasteiger charge is -2.31. The Morgan fingerprint density at radius 1 is 1.03 bits per heavy atom. The van der Waals surface area contributed by atoms with Gasteiger partial charge >= 0.3 is 6.09 Å². The van der Waals surface area contributed by atoms with Gasteiger partial charge in [0.2, 0.25) is 17.7 Å². The molecule has 208 valence electrons. The Kier molecular flexibility index (Phi) is 7.99. The number of para-hydroxylation sites is 1. The van der Waals surface area contributed by atoms with E-state index in [4.69, 9.17) is 4.74 Å². The molecule has 2 N–H and O–H groups in total. The number of aryl methyl sites for hydroxylation is 1. The summed E-state index contributed by atoms with van der Waals surface area (Å²) in [6, 6.07) is 12.9. The molecule has 2 aromatic carbocycles. The predicted octanol–water partition coefficient (Wildman–Crippen LogP) is 3.51. The van der Waals surface area contributed by atoms with Crippen molar-refractivity contribution >= 4 is 29.5 Å². The third-order valence-corrected chi connectivity index (χ3v) is 7.33. The lowest BCUT2D eigenvalue weighted by molar-refractivity contribution is -0.131. The van der Waals surface area contributed by atoms with E-state index in [0.717, 1.165) is 22.4 Å². The first-order valence-corrected chi connectivity index (χ1v) is 13.4. The van der Waals surface area contributed by atoms with E-state index in [0.29, 0.717) is 19.3 Å². The highest BCUT2D eigenvalue weighted by molar-refractivity contribution is 6.08. The largest absolute Gasteiger partial charge is 0.444 e. The van der Waals surface area contributed by atoms with Gasteiger partial charge in [0, 0.05) is 13.5 Å². The van der Waals surface area contributed by atoms with Gasteiger partial charge in [0.25, 0.3) is 0 Å². The molecule has 2 heterocycles. The van der Waals surface area contributed by atoms with Crippen LogP contribution in [0.3, 0.4) is 0 Å². The monoisotopic (exact) mass is 534 g/mol. The predicted molar refractivity (Wildman–Crippen MR) is 148 cm³/mol. The topological polar surface area (TPSA) is 108 Å². The number of amides is 4. The quantitative estimate of drug-likeness (QED) is 0.590. The van der Waals surface area contributed by atoms with Gasteiger partial charge in [0.1, 0.15) is 23.7 Å². The third-order valence-electron chi connectivity index (χ3n) is 7.33. The number of carbonyl (C=O) groups excluding carboxylic acids is 4. The maximum absolute atomic E-state index is 13.9. The molecule has 4 amide bonds. The summed E-state index contributed by atoms with van der Waals surface area (Å²) in [6.45, 7) is 8.76. The number of hydrogen-bond donors (Lipinski definition) is 2. The van der Waals surface area contributed by atoms with Crippen LogP contribution < -0.4 is 15.5 Å². The molecule has 0 aromatic heterocycles. The third kappa shape index (κ3) is 6.08. The number of carbonyl (C=O) groups is 4.